The topological polar surface area (TPSA) is 37.4 Å². The highest BCUT2D eigenvalue weighted by atomic mass is 32.1. The van der Waals surface area contributed by atoms with Gasteiger partial charge in [-0.25, -0.2) is 4.98 Å². The molecule has 0 radical (unpaired) electrons. The van der Waals surface area contributed by atoms with Crippen molar-refractivity contribution in [3.8, 4) is 0 Å². The molecule has 19 heavy (non-hydrogen) atoms. The molecule has 106 valence electrons. The van der Waals surface area contributed by atoms with Crippen LogP contribution in [0.4, 0.5) is 0 Å². The maximum absolute atomic E-state index is 5.93. The van der Waals surface area contributed by atoms with E-state index in [1.54, 1.807) is 0 Å². The Hall–Kier alpha value is -0.490. The van der Waals surface area contributed by atoms with Crippen LogP contribution in [0.5, 0.6) is 0 Å². The first-order valence-corrected chi connectivity index (χ1v) is 8.14. The molecule has 2 atom stereocenters. The van der Waals surface area contributed by atoms with Crippen molar-refractivity contribution in [2.45, 2.75) is 38.3 Å². The summed E-state index contributed by atoms with van der Waals surface area (Å²) in [4.78, 5) is 8.82. The molecular formula is C14H23N3OS. The molecule has 1 aliphatic heterocycles. The lowest BCUT2D eigenvalue weighted by Crippen LogP contribution is -2.38. The zero-order valence-corrected chi connectivity index (χ0v) is 12.6. The Balaban J connectivity index is 1.80. The average molecular weight is 281 g/mol. The van der Waals surface area contributed by atoms with E-state index < -0.39 is 0 Å². The molecule has 5 heteroatoms. The Kier molecular flexibility index (Phi) is 4.17. The summed E-state index contributed by atoms with van der Waals surface area (Å²) in [5, 5.41) is 4.57. The van der Waals surface area contributed by atoms with Crippen LogP contribution in [0.25, 0.3) is 0 Å². The van der Waals surface area contributed by atoms with E-state index >= 15 is 0 Å². The number of ether oxygens (including phenoxy) is 1. The van der Waals surface area contributed by atoms with Gasteiger partial charge in [0.25, 0.3) is 0 Å². The Morgan fingerprint density at radius 3 is 3.21 bits per heavy atom. The molecule has 1 saturated heterocycles. The van der Waals surface area contributed by atoms with Gasteiger partial charge in [-0.2, -0.15) is 0 Å². The van der Waals surface area contributed by atoms with E-state index in [0.717, 1.165) is 26.2 Å². The summed E-state index contributed by atoms with van der Waals surface area (Å²) in [6, 6.07) is 0.444. The van der Waals surface area contributed by atoms with Crippen molar-refractivity contribution in [2.24, 2.45) is 0 Å². The second-order valence-electron chi connectivity index (χ2n) is 5.35. The maximum atomic E-state index is 5.93. The van der Waals surface area contributed by atoms with Gasteiger partial charge in [0.2, 0.25) is 0 Å². The molecule has 0 aromatic carbocycles. The molecule has 0 bridgehead atoms. The van der Waals surface area contributed by atoms with Crippen LogP contribution in [-0.4, -0.2) is 43.2 Å². The Morgan fingerprint density at radius 2 is 2.42 bits per heavy atom. The molecule has 0 amide bonds. The molecule has 3 rings (SSSR count). The molecular weight excluding hydrogens is 258 g/mol. The summed E-state index contributed by atoms with van der Waals surface area (Å²) in [5.74, 6) is 0. The fourth-order valence-electron chi connectivity index (χ4n) is 3.00. The van der Waals surface area contributed by atoms with Gasteiger partial charge in [0.05, 0.1) is 18.3 Å². The van der Waals surface area contributed by atoms with E-state index in [0.29, 0.717) is 6.04 Å². The van der Waals surface area contributed by atoms with Crippen LogP contribution in [0.1, 0.15) is 47.5 Å². The highest BCUT2D eigenvalue weighted by molar-refractivity contribution is 7.11. The average Bonchev–Trinajstić information content (AvgIpc) is 2.91. The minimum absolute atomic E-state index is 0.182. The third-order valence-electron chi connectivity index (χ3n) is 4.19. The zero-order chi connectivity index (χ0) is 13.2. The highest BCUT2D eigenvalue weighted by Gasteiger charge is 2.28. The number of nitrogens with one attached hydrogen (secondary N) is 1. The first-order valence-electron chi connectivity index (χ1n) is 7.32. The van der Waals surface area contributed by atoms with Crippen molar-refractivity contribution in [3.05, 3.63) is 15.6 Å². The molecule has 0 spiro atoms. The van der Waals surface area contributed by atoms with Crippen LogP contribution in [0.15, 0.2) is 0 Å². The van der Waals surface area contributed by atoms with E-state index in [2.05, 4.69) is 17.1 Å². The Labute approximate surface area is 119 Å². The number of rotatable bonds is 3. The molecule has 4 nitrogen and oxygen atoms in total. The molecule has 1 fully saturated rings. The van der Waals surface area contributed by atoms with Crippen LogP contribution >= 0.6 is 11.3 Å². The van der Waals surface area contributed by atoms with Gasteiger partial charge < -0.3 is 10.1 Å². The number of aryl methyl sites for hydroxylation is 1. The number of morpholine rings is 1. The van der Waals surface area contributed by atoms with Crippen molar-refractivity contribution < 1.29 is 4.74 Å². The summed E-state index contributed by atoms with van der Waals surface area (Å²) in [6.07, 6.45) is 3.85. The molecule has 1 N–H and O–H groups in total. The van der Waals surface area contributed by atoms with Crippen LogP contribution in [0.2, 0.25) is 0 Å². The van der Waals surface area contributed by atoms with Crippen molar-refractivity contribution in [3.63, 3.8) is 0 Å². The van der Waals surface area contributed by atoms with Crippen LogP contribution in [0.3, 0.4) is 0 Å². The van der Waals surface area contributed by atoms with Crippen molar-refractivity contribution in [1.82, 2.24) is 15.2 Å². The fourth-order valence-corrected chi connectivity index (χ4v) is 4.20. The number of thiazole rings is 1. The number of likely N-dealkylation sites (N-methyl/N-ethyl adjacent to an activating group) is 1. The molecule has 2 heterocycles. The molecule has 1 aromatic heterocycles. The smallest absolute Gasteiger partial charge is 0.123 e. The lowest BCUT2D eigenvalue weighted by Gasteiger charge is -2.30. The van der Waals surface area contributed by atoms with Crippen molar-refractivity contribution >= 4 is 11.3 Å². The summed E-state index contributed by atoms with van der Waals surface area (Å²) in [5.41, 5.74) is 1.28. The standard InChI is InChI=1S/C14H23N3OS/c1-3-17-7-8-18-11(9-17)14-16-13-10(15-2)5-4-6-12(13)19-14/h10-11,15H,3-9H2,1-2H3. The number of hydrogen-bond acceptors (Lipinski definition) is 5. The van der Waals surface area contributed by atoms with E-state index in [1.165, 1.54) is 34.8 Å². The van der Waals surface area contributed by atoms with Gasteiger partial charge in [-0.3, -0.25) is 4.90 Å². The van der Waals surface area contributed by atoms with E-state index in [9.17, 15) is 0 Å². The number of hydrogen-bond donors (Lipinski definition) is 1. The molecule has 2 unspecified atom stereocenters. The van der Waals surface area contributed by atoms with E-state index in [-0.39, 0.29) is 6.10 Å². The minimum Gasteiger partial charge on any atom is -0.368 e. The summed E-state index contributed by atoms with van der Waals surface area (Å²) < 4.78 is 5.93. The van der Waals surface area contributed by atoms with Gasteiger partial charge in [-0.05, 0) is 32.9 Å². The molecule has 1 aromatic rings. The number of aromatic nitrogens is 1. The predicted octanol–water partition coefficient (Wildman–Crippen LogP) is 2.13. The fraction of sp³-hybridized carbons (Fsp3) is 0.786. The lowest BCUT2D eigenvalue weighted by molar-refractivity contribution is -0.0283. The highest BCUT2D eigenvalue weighted by Crippen LogP contribution is 2.36. The second-order valence-corrected chi connectivity index (χ2v) is 6.46. The number of nitrogens with zero attached hydrogens (tertiary/aromatic N) is 2. The van der Waals surface area contributed by atoms with Crippen LogP contribution in [0, 0.1) is 0 Å². The summed E-state index contributed by atoms with van der Waals surface area (Å²) >= 11 is 1.87. The maximum Gasteiger partial charge on any atom is 0.123 e. The summed E-state index contributed by atoms with van der Waals surface area (Å²) in [7, 11) is 2.04. The third kappa shape index (κ3) is 2.70. The molecule has 0 saturated carbocycles. The van der Waals surface area contributed by atoms with Gasteiger partial charge >= 0.3 is 0 Å². The monoisotopic (exact) mass is 281 g/mol. The van der Waals surface area contributed by atoms with Crippen LogP contribution < -0.4 is 5.32 Å². The van der Waals surface area contributed by atoms with E-state index in [4.69, 9.17) is 9.72 Å². The first kappa shape index (κ1) is 13.5. The predicted molar refractivity (Wildman–Crippen MR) is 77.7 cm³/mol. The van der Waals surface area contributed by atoms with Crippen molar-refractivity contribution in [1.29, 1.82) is 0 Å². The molecule has 2 aliphatic rings. The van der Waals surface area contributed by atoms with Gasteiger partial charge in [0, 0.05) is 18.0 Å². The normalized spacial score (nSPS) is 28.3. The van der Waals surface area contributed by atoms with Crippen molar-refractivity contribution in [2.75, 3.05) is 33.3 Å². The molecule has 1 aliphatic carbocycles. The van der Waals surface area contributed by atoms with Gasteiger partial charge in [0.1, 0.15) is 11.1 Å². The van der Waals surface area contributed by atoms with E-state index in [1.807, 2.05) is 18.4 Å². The largest absolute Gasteiger partial charge is 0.368 e. The second kappa shape index (κ2) is 5.87. The van der Waals surface area contributed by atoms with Gasteiger partial charge in [0.15, 0.2) is 0 Å². The Morgan fingerprint density at radius 1 is 1.53 bits per heavy atom. The number of fused-ring (bicyclic) bond motifs is 1. The van der Waals surface area contributed by atoms with Crippen LogP contribution in [-0.2, 0) is 11.2 Å². The summed E-state index contributed by atoms with van der Waals surface area (Å²) in [6.45, 7) is 6.19. The quantitative estimate of drug-likeness (QED) is 0.921. The SMILES string of the molecule is CCN1CCOC(c2nc3c(s2)CCCC3NC)C1. The third-order valence-corrected chi connectivity index (χ3v) is 5.42. The minimum atomic E-state index is 0.182. The lowest BCUT2D eigenvalue weighted by atomic mass is 9.98. The van der Waals surface area contributed by atoms with Gasteiger partial charge in [-0.1, -0.05) is 6.92 Å². The Bertz CT molecular complexity index is 434. The first-order chi connectivity index (χ1) is 9.31. The van der Waals surface area contributed by atoms with Gasteiger partial charge in [-0.15, -0.1) is 11.3 Å². The zero-order valence-electron chi connectivity index (χ0n) is 11.8.